The first-order chi connectivity index (χ1) is 13.7. The normalized spacial score (nSPS) is 15.1. The van der Waals surface area contributed by atoms with E-state index in [9.17, 15) is 8.42 Å². The summed E-state index contributed by atoms with van der Waals surface area (Å²) in [5, 5.41) is 5.74. The van der Waals surface area contributed by atoms with E-state index in [1.165, 1.54) is 15.7 Å². The Morgan fingerprint density at radius 1 is 0.964 bits per heavy atom. The van der Waals surface area contributed by atoms with Crippen LogP contribution < -0.4 is 5.32 Å². The van der Waals surface area contributed by atoms with Crippen LogP contribution in [-0.4, -0.2) is 30.5 Å². The summed E-state index contributed by atoms with van der Waals surface area (Å²) >= 11 is 0. The zero-order valence-electron chi connectivity index (χ0n) is 15.2. The van der Waals surface area contributed by atoms with Gasteiger partial charge in [-0.1, -0.05) is 48.5 Å². The van der Waals surface area contributed by atoms with Crippen LogP contribution in [0.3, 0.4) is 0 Å². The highest BCUT2D eigenvalue weighted by atomic mass is 32.2. The third kappa shape index (κ3) is 2.65. The second-order valence-corrected chi connectivity index (χ2v) is 8.69. The lowest BCUT2D eigenvalue weighted by Gasteiger charge is -2.13. The molecule has 140 valence electrons. The van der Waals surface area contributed by atoms with E-state index in [0.29, 0.717) is 10.9 Å². The van der Waals surface area contributed by atoms with Gasteiger partial charge < -0.3 is 5.32 Å². The monoisotopic (exact) mass is 389 g/mol. The van der Waals surface area contributed by atoms with Gasteiger partial charge in [-0.2, -0.15) is 0 Å². The maximum atomic E-state index is 13.6. The molecule has 0 amide bonds. The minimum atomic E-state index is -3.80. The SMILES string of the molecule is O=S(=O)(c1cncc2ccccc12)n1cc(C2=CCNCC2)c2ccccc21. The molecule has 1 N–H and O–H groups in total. The van der Waals surface area contributed by atoms with Crippen LogP contribution in [0, 0.1) is 0 Å². The molecule has 0 bridgehead atoms. The molecule has 28 heavy (non-hydrogen) atoms. The third-order valence-electron chi connectivity index (χ3n) is 5.26. The van der Waals surface area contributed by atoms with Gasteiger partial charge in [0.25, 0.3) is 10.0 Å². The van der Waals surface area contributed by atoms with Crippen molar-refractivity contribution in [2.24, 2.45) is 0 Å². The predicted molar refractivity (Wildman–Crippen MR) is 112 cm³/mol. The number of para-hydroxylation sites is 1. The Hall–Kier alpha value is -2.96. The lowest BCUT2D eigenvalue weighted by Crippen LogP contribution is -2.20. The Morgan fingerprint density at radius 3 is 2.57 bits per heavy atom. The first kappa shape index (κ1) is 17.2. The van der Waals surface area contributed by atoms with Crippen LogP contribution in [-0.2, 0) is 10.0 Å². The Morgan fingerprint density at radius 2 is 1.75 bits per heavy atom. The summed E-state index contributed by atoms with van der Waals surface area (Å²) in [6.45, 7) is 1.69. The standard InChI is InChI=1S/C22H19N3O2S/c26-28(27,22-14-24-13-17-5-1-2-6-18(17)22)25-15-20(16-9-11-23-12-10-16)19-7-3-4-8-21(19)25/h1-9,13-15,23H,10-12H2. The molecule has 2 aromatic carbocycles. The molecule has 2 aromatic heterocycles. The van der Waals surface area contributed by atoms with Gasteiger partial charge in [-0.3, -0.25) is 4.98 Å². The summed E-state index contributed by atoms with van der Waals surface area (Å²) in [5.41, 5.74) is 2.85. The van der Waals surface area contributed by atoms with Gasteiger partial charge in [0, 0.05) is 46.9 Å². The van der Waals surface area contributed by atoms with Gasteiger partial charge in [-0.25, -0.2) is 12.4 Å². The highest BCUT2D eigenvalue weighted by Crippen LogP contribution is 2.33. The van der Waals surface area contributed by atoms with Crippen molar-refractivity contribution in [3.63, 3.8) is 0 Å². The minimum Gasteiger partial charge on any atom is -0.313 e. The Kier molecular flexibility index (Phi) is 4.03. The van der Waals surface area contributed by atoms with Crippen molar-refractivity contribution >= 4 is 37.3 Å². The van der Waals surface area contributed by atoms with Crippen LogP contribution in [0.25, 0.3) is 27.2 Å². The number of fused-ring (bicyclic) bond motifs is 2. The maximum absolute atomic E-state index is 13.6. The number of hydrogen-bond donors (Lipinski definition) is 1. The number of hydrogen-bond acceptors (Lipinski definition) is 4. The first-order valence-corrected chi connectivity index (χ1v) is 10.7. The molecule has 1 aliphatic rings. The van der Waals surface area contributed by atoms with Gasteiger partial charge in [-0.15, -0.1) is 0 Å². The van der Waals surface area contributed by atoms with Crippen LogP contribution in [0.4, 0.5) is 0 Å². The van der Waals surface area contributed by atoms with Gasteiger partial charge in [-0.05, 0) is 24.6 Å². The van der Waals surface area contributed by atoms with Gasteiger partial charge >= 0.3 is 0 Å². The van der Waals surface area contributed by atoms with Gasteiger partial charge in [0.05, 0.1) is 5.52 Å². The van der Waals surface area contributed by atoms with Crippen LogP contribution in [0.5, 0.6) is 0 Å². The molecule has 1 aliphatic heterocycles. The molecule has 0 saturated heterocycles. The molecule has 0 saturated carbocycles. The molecule has 4 aromatic rings. The summed E-state index contributed by atoms with van der Waals surface area (Å²) in [7, 11) is -3.80. The van der Waals surface area contributed by atoms with Crippen molar-refractivity contribution in [1.29, 1.82) is 0 Å². The summed E-state index contributed by atoms with van der Waals surface area (Å²) in [6, 6.07) is 15.1. The molecule has 0 unspecified atom stereocenters. The van der Waals surface area contributed by atoms with E-state index in [4.69, 9.17) is 0 Å². The van der Waals surface area contributed by atoms with Gasteiger partial charge in [0.1, 0.15) is 4.90 Å². The van der Waals surface area contributed by atoms with Crippen molar-refractivity contribution < 1.29 is 8.42 Å². The molecule has 0 spiro atoms. The number of nitrogens with zero attached hydrogens (tertiary/aromatic N) is 2. The second kappa shape index (κ2) is 6.58. The summed E-state index contributed by atoms with van der Waals surface area (Å²) in [4.78, 5) is 4.39. The number of benzene rings is 2. The van der Waals surface area contributed by atoms with Crippen molar-refractivity contribution in [2.75, 3.05) is 13.1 Å². The van der Waals surface area contributed by atoms with Gasteiger partial charge in [0.15, 0.2) is 0 Å². The molecular formula is C22H19N3O2S. The topological polar surface area (TPSA) is 64.0 Å². The molecule has 5 rings (SSSR count). The zero-order chi connectivity index (χ0) is 19.1. The first-order valence-electron chi connectivity index (χ1n) is 9.25. The number of pyridine rings is 1. The van der Waals surface area contributed by atoms with Crippen molar-refractivity contribution in [3.8, 4) is 0 Å². The number of rotatable bonds is 3. The molecule has 0 aliphatic carbocycles. The predicted octanol–water partition coefficient (Wildman–Crippen LogP) is 3.80. The van der Waals surface area contributed by atoms with Crippen LogP contribution >= 0.6 is 0 Å². The zero-order valence-corrected chi connectivity index (χ0v) is 16.0. The van der Waals surface area contributed by atoms with E-state index >= 15 is 0 Å². The Labute approximate surface area is 163 Å². The Balaban J connectivity index is 1.78. The fraction of sp³-hybridized carbons (Fsp3) is 0.136. The van der Waals surface area contributed by atoms with E-state index in [1.54, 1.807) is 12.4 Å². The smallest absolute Gasteiger partial charge is 0.270 e. The van der Waals surface area contributed by atoms with Crippen LogP contribution in [0.1, 0.15) is 12.0 Å². The molecule has 0 atom stereocenters. The van der Waals surface area contributed by atoms with E-state index in [-0.39, 0.29) is 4.90 Å². The van der Waals surface area contributed by atoms with E-state index in [2.05, 4.69) is 16.4 Å². The lowest BCUT2D eigenvalue weighted by molar-refractivity contribution is 0.589. The summed E-state index contributed by atoms with van der Waals surface area (Å²) in [6.07, 6.45) is 7.91. The molecule has 3 heterocycles. The fourth-order valence-corrected chi connectivity index (χ4v) is 5.40. The van der Waals surface area contributed by atoms with Crippen LogP contribution in [0.15, 0.2) is 78.1 Å². The average Bonchev–Trinajstić information content (AvgIpc) is 3.14. The van der Waals surface area contributed by atoms with Crippen LogP contribution in [0.2, 0.25) is 0 Å². The Bertz CT molecular complexity index is 1330. The fourth-order valence-electron chi connectivity index (χ4n) is 3.87. The number of nitrogens with one attached hydrogen (secondary N) is 1. The van der Waals surface area contributed by atoms with E-state index in [0.717, 1.165) is 35.8 Å². The summed E-state index contributed by atoms with van der Waals surface area (Å²) in [5.74, 6) is 0. The quantitative estimate of drug-likeness (QED) is 0.579. The summed E-state index contributed by atoms with van der Waals surface area (Å²) < 4.78 is 28.7. The second-order valence-electron chi connectivity index (χ2n) is 6.90. The van der Waals surface area contributed by atoms with Crippen molar-refractivity contribution in [3.05, 3.63) is 78.8 Å². The third-order valence-corrected chi connectivity index (χ3v) is 6.96. The largest absolute Gasteiger partial charge is 0.313 e. The van der Waals surface area contributed by atoms with Crippen molar-refractivity contribution in [1.82, 2.24) is 14.3 Å². The highest BCUT2D eigenvalue weighted by Gasteiger charge is 2.24. The van der Waals surface area contributed by atoms with E-state index < -0.39 is 10.0 Å². The number of aromatic nitrogens is 2. The maximum Gasteiger partial charge on any atom is 0.270 e. The molecule has 6 heteroatoms. The van der Waals surface area contributed by atoms with Gasteiger partial charge in [0.2, 0.25) is 0 Å². The van der Waals surface area contributed by atoms with Crippen molar-refractivity contribution in [2.45, 2.75) is 11.3 Å². The molecule has 0 fully saturated rings. The molecule has 0 radical (unpaired) electrons. The minimum absolute atomic E-state index is 0.220. The highest BCUT2D eigenvalue weighted by molar-refractivity contribution is 7.90. The van der Waals surface area contributed by atoms with E-state index in [1.807, 2.05) is 48.5 Å². The molecular weight excluding hydrogens is 370 g/mol. The average molecular weight is 389 g/mol. The lowest BCUT2D eigenvalue weighted by atomic mass is 10.00. The molecule has 5 nitrogen and oxygen atoms in total.